The first-order valence-electron chi connectivity index (χ1n) is 6.98. The number of nitrogens with zero attached hydrogens (tertiary/aromatic N) is 1. The van der Waals surface area contributed by atoms with E-state index >= 15 is 0 Å². The van der Waals surface area contributed by atoms with E-state index in [1.54, 1.807) is 6.92 Å². The van der Waals surface area contributed by atoms with Gasteiger partial charge in [-0.15, -0.1) is 0 Å². The number of hydrogen-bond donors (Lipinski definition) is 1. The largest absolute Gasteiger partial charge is 0.325 e. The molecule has 0 atom stereocenters. The van der Waals surface area contributed by atoms with Crippen molar-refractivity contribution in [2.45, 2.75) is 11.8 Å². The molecular weight excluding hydrogens is 338 g/mol. The van der Waals surface area contributed by atoms with Crippen LogP contribution in [0.2, 0.25) is 0 Å². The van der Waals surface area contributed by atoms with E-state index in [1.807, 2.05) is 0 Å². The van der Waals surface area contributed by atoms with Gasteiger partial charge in [-0.3, -0.25) is 4.79 Å². The Morgan fingerprint density at radius 3 is 2.33 bits per heavy atom. The molecule has 2 aromatic rings. The number of benzene rings is 2. The Balaban J connectivity index is 2.07. The van der Waals surface area contributed by atoms with Gasteiger partial charge in [0.15, 0.2) is 0 Å². The van der Waals surface area contributed by atoms with Crippen molar-refractivity contribution in [2.24, 2.45) is 0 Å². The van der Waals surface area contributed by atoms with Crippen molar-refractivity contribution in [3.63, 3.8) is 0 Å². The van der Waals surface area contributed by atoms with Crippen molar-refractivity contribution in [1.29, 1.82) is 0 Å². The second-order valence-electron chi connectivity index (χ2n) is 5.23. The number of aryl methyl sites for hydroxylation is 1. The van der Waals surface area contributed by atoms with Crippen LogP contribution >= 0.6 is 0 Å². The number of likely N-dealkylation sites (N-methyl/N-ethyl adjacent to an activating group) is 1. The molecule has 24 heavy (non-hydrogen) atoms. The Morgan fingerprint density at radius 2 is 1.75 bits per heavy atom. The molecular formula is C16H16F2N2O3S. The van der Waals surface area contributed by atoms with Crippen molar-refractivity contribution in [3.8, 4) is 0 Å². The molecule has 0 aliphatic carbocycles. The van der Waals surface area contributed by atoms with Gasteiger partial charge in [-0.2, -0.15) is 4.31 Å². The van der Waals surface area contributed by atoms with E-state index in [0.29, 0.717) is 5.56 Å². The van der Waals surface area contributed by atoms with Crippen molar-refractivity contribution >= 4 is 21.6 Å². The number of anilines is 1. The summed E-state index contributed by atoms with van der Waals surface area (Å²) in [5, 5.41) is 2.43. The van der Waals surface area contributed by atoms with Gasteiger partial charge < -0.3 is 5.32 Å². The van der Waals surface area contributed by atoms with Crippen LogP contribution in [-0.2, 0) is 14.8 Å². The monoisotopic (exact) mass is 354 g/mol. The van der Waals surface area contributed by atoms with E-state index in [2.05, 4.69) is 5.32 Å². The highest BCUT2D eigenvalue weighted by atomic mass is 32.2. The Morgan fingerprint density at radius 1 is 1.12 bits per heavy atom. The minimum absolute atomic E-state index is 0.124. The number of carbonyl (C=O) groups is 1. The average molecular weight is 354 g/mol. The van der Waals surface area contributed by atoms with Crippen LogP contribution in [0, 0.1) is 18.6 Å². The smallest absolute Gasteiger partial charge is 0.243 e. The Labute approximate surface area is 139 Å². The van der Waals surface area contributed by atoms with Crippen LogP contribution in [0.5, 0.6) is 0 Å². The number of rotatable bonds is 5. The van der Waals surface area contributed by atoms with E-state index < -0.39 is 34.1 Å². The minimum atomic E-state index is -3.93. The number of carbonyl (C=O) groups excluding carboxylic acids is 1. The molecule has 0 aromatic heterocycles. The number of nitrogens with one attached hydrogen (secondary N) is 1. The van der Waals surface area contributed by atoms with Gasteiger partial charge in [0.1, 0.15) is 11.6 Å². The molecule has 0 aliphatic rings. The van der Waals surface area contributed by atoms with E-state index in [4.69, 9.17) is 0 Å². The minimum Gasteiger partial charge on any atom is -0.325 e. The highest BCUT2D eigenvalue weighted by Gasteiger charge is 2.23. The Hall–Kier alpha value is -2.32. The molecule has 0 unspecified atom stereocenters. The summed E-state index contributed by atoms with van der Waals surface area (Å²) in [6.45, 7) is 1.12. The predicted molar refractivity (Wildman–Crippen MR) is 86.0 cm³/mol. The topological polar surface area (TPSA) is 66.5 Å². The number of amides is 1. The van der Waals surface area contributed by atoms with Crippen LogP contribution in [0.4, 0.5) is 14.5 Å². The van der Waals surface area contributed by atoms with Crippen LogP contribution in [0.3, 0.4) is 0 Å². The summed E-state index contributed by atoms with van der Waals surface area (Å²) in [7, 11) is -2.70. The molecule has 8 heteroatoms. The van der Waals surface area contributed by atoms with Gasteiger partial charge in [-0.05, 0) is 48.9 Å². The van der Waals surface area contributed by atoms with Crippen LogP contribution in [0.25, 0.3) is 0 Å². The number of sulfonamides is 1. The maximum Gasteiger partial charge on any atom is 0.243 e. The molecule has 0 aliphatic heterocycles. The Kier molecular flexibility index (Phi) is 5.30. The van der Waals surface area contributed by atoms with Crippen molar-refractivity contribution in [2.75, 3.05) is 18.9 Å². The summed E-state index contributed by atoms with van der Waals surface area (Å²) in [6.07, 6.45) is 0. The number of hydrogen-bond acceptors (Lipinski definition) is 3. The third kappa shape index (κ3) is 4.15. The lowest BCUT2D eigenvalue weighted by Crippen LogP contribution is -2.35. The lowest BCUT2D eigenvalue weighted by Gasteiger charge is -2.17. The molecule has 0 saturated heterocycles. The fourth-order valence-corrected chi connectivity index (χ4v) is 3.07. The fraction of sp³-hybridized carbons (Fsp3) is 0.188. The van der Waals surface area contributed by atoms with Crippen molar-refractivity contribution < 1.29 is 22.0 Å². The van der Waals surface area contributed by atoms with Crippen LogP contribution in [0.15, 0.2) is 47.4 Å². The zero-order valence-electron chi connectivity index (χ0n) is 13.1. The Bertz CT molecular complexity index is 852. The summed E-state index contributed by atoms with van der Waals surface area (Å²) in [5.74, 6) is -1.65. The van der Waals surface area contributed by atoms with Crippen LogP contribution < -0.4 is 5.32 Å². The summed E-state index contributed by atoms with van der Waals surface area (Å²) in [5.41, 5.74) is 0.666. The highest BCUT2D eigenvalue weighted by molar-refractivity contribution is 7.89. The van der Waals surface area contributed by atoms with Crippen LogP contribution in [0.1, 0.15) is 5.56 Å². The quantitative estimate of drug-likeness (QED) is 0.897. The molecule has 0 spiro atoms. The van der Waals surface area contributed by atoms with E-state index in [-0.39, 0.29) is 10.6 Å². The van der Waals surface area contributed by atoms with Gasteiger partial charge in [0.2, 0.25) is 15.9 Å². The standard InChI is InChI=1S/C16H16F2N2O3S/c1-11-3-6-13(9-15(11)18)19-16(21)10-20(2)24(22,23)14-7-4-12(17)5-8-14/h3-9H,10H2,1-2H3,(H,19,21). The number of halogens is 2. The molecule has 0 radical (unpaired) electrons. The zero-order chi connectivity index (χ0) is 17.9. The summed E-state index contributed by atoms with van der Waals surface area (Å²) >= 11 is 0. The molecule has 2 aromatic carbocycles. The molecule has 1 N–H and O–H groups in total. The lowest BCUT2D eigenvalue weighted by atomic mass is 10.2. The normalized spacial score (nSPS) is 11.5. The third-order valence-corrected chi connectivity index (χ3v) is 5.16. The first-order valence-corrected chi connectivity index (χ1v) is 8.42. The first kappa shape index (κ1) is 18.0. The predicted octanol–water partition coefficient (Wildman–Crippen LogP) is 2.53. The third-order valence-electron chi connectivity index (χ3n) is 3.34. The SMILES string of the molecule is Cc1ccc(NC(=O)CN(C)S(=O)(=O)c2ccc(F)cc2)cc1F. The van der Waals surface area contributed by atoms with E-state index in [1.165, 1.54) is 19.2 Å². The second-order valence-corrected chi connectivity index (χ2v) is 7.27. The van der Waals surface area contributed by atoms with E-state index in [9.17, 15) is 22.0 Å². The first-order chi connectivity index (χ1) is 11.2. The molecule has 5 nitrogen and oxygen atoms in total. The van der Waals surface area contributed by atoms with Crippen molar-refractivity contribution in [3.05, 3.63) is 59.7 Å². The van der Waals surface area contributed by atoms with Crippen LogP contribution in [-0.4, -0.2) is 32.2 Å². The van der Waals surface area contributed by atoms with Gasteiger partial charge in [0.05, 0.1) is 11.4 Å². The molecule has 1 amide bonds. The maximum atomic E-state index is 13.4. The summed E-state index contributed by atoms with van der Waals surface area (Å²) in [4.78, 5) is 11.8. The van der Waals surface area contributed by atoms with Gasteiger partial charge in [-0.1, -0.05) is 6.07 Å². The zero-order valence-corrected chi connectivity index (χ0v) is 13.9. The van der Waals surface area contributed by atoms with Gasteiger partial charge >= 0.3 is 0 Å². The molecule has 2 rings (SSSR count). The lowest BCUT2D eigenvalue weighted by molar-refractivity contribution is -0.116. The average Bonchev–Trinajstić information content (AvgIpc) is 2.51. The fourth-order valence-electron chi connectivity index (χ4n) is 1.94. The molecule has 0 fully saturated rings. The maximum absolute atomic E-state index is 13.4. The molecule has 0 bridgehead atoms. The summed E-state index contributed by atoms with van der Waals surface area (Å²) in [6, 6.07) is 8.46. The van der Waals surface area contributed by atoms with Gasteiger partial charge in [0.25, 0.3) is 0 Å². The van der Waals surface area contributed by atoms with Gasteiger partial charge in [0, 0.05) is 12.7 Å². The second kappa shape index (κ2) is 7.06. The van der Waals surface area contributed by atoms with Gasteiger partial charge in [-0.25, -0.2) is 17.2 Å². The van der Waals surface area contributed by atoms with E-state index in [0.717, 1.165) is 34.6 Å². The molecule has 0 heterocycles. The summed E-state index contributed by atoms with van der Waals surface area (Å²) < 4.78 is 51.8. The highest BCUT2D eigenvalue weighted by Crippen LogP contribution is 2.16. The molecule has 128 valence electrons. The molecule has 0 saturated carbocycles. The van der Waals surface area contributed by atoms with Crippen molar-refractivity contribution in [1.82, 2.24) is 4.31 Å².